The zero-order valence-corrected chi connectivity index (χ0v) is 16.7. The lowest BCUT2D eigenvalue weighted by atomic mass is 9.83. The van der Waals surface area contributed by atoms with E-state index in [-0.39, 0.29) is 12.0 Å². The van der Waals surface area contributed by atoms with Crippen LogP contribution in [0.15, 0.2) is 42.5 Å². The summed E-state index contributed by atoms with van der Waals surface area (Å²) in [6.07, 6.45) is -0.0121. The van der Waals surface area contributed by atoms with Crippen LogP contribution in [0.5, 0.6) is 0 Å². The van der Waals surface area contributed by atoms with Crippen LogP contribution in [-0.2, 0) is 32.1 Å². The third-order valence-electron chi connectivity index (χ3n) is 4.17. The number of benzene rings is 2. The van der Waals surface area contributed by atoms with Crippen LogP contribution < -0.4 is 0 Å². The first-order chi connectivity index (χ1) is 13.4. The first kappa shape index (κ1) is 22.5. The Labute approximate surface area is 167 Å². The summed E-state index contributed by atoms with van der Waals surface area (Å²) in [4.78, 5) is 25.6. The molecule has 2 aromatic carbocycles. The van der Waals surface area contributed by atoms with Crippen LogP contribution in [0.1, 0.15) is 38.8 Å². The Balaban J connectivity index is 2.26. The average Bonchev–Trinajstić information content (AvgIpc) is 2.64. The van der Waals surface area contributed by atoms with Gasteiger partial charge in [0.1, 0.15) is 12.2 Å². The van der Waals surface area contributed by atoms with Crippen molar-refractivity contribution in [3.05, 3.63) is 71.0 Å². The molecule has 29 heavy (non-hydrogen) atoms. The summed E-state index contributed by atoms with van der Waals surface area (Å²) in [7, 11) is 0. The Bertz CT molecular complexity index is 891. The average molecular weight is 408 g/mol. The maximum absolute atomic E-state index is 13.8. The quantitative estimate of drug-likeness (QED) is 0.394. The molecule has 0 bridgehead atoms. The monoisotopic (exact) mass is 408 g/mol. The van der Waals surface area contributed by atoms with Gasteiger partial charge in [-0.25, -0.2) is 13.2 Å². The van der Waals surface area contributed by atoms with E-state index in [9.17, 15) is 22.8 Å². The first-order valence-electron chi connectivity index (χ1n) is 9.01. The van der Waals surface area contributed by atoms with Crippen molar-refractivity contribution in [2.75, 3.05) is 0 Å². The number of carbonyl (C=O) groups excluding carboxylic acids is 2. The lowest BCUT2D eigenvalue weighted by molar-refractivity contribution is -0.179. The van der Waals surface area contributed by atoms with Crippen molar-refractivity contribution in [1.82, 2.24) is 0 Å². The molecule has 7 heteroatoms. The van der Waals surface area contributed by atoms with Gasteiger partial charge in [0.25, 0.3) is 0 Å². The summed E-state index contributed by atoms with van der Waals surface area (Å²) in [5.74, 6) is -6.21. The van der Waals surface area contributed by atoms with Crippen LogP contribution in [-0.4, -0.2) is 17.5 Å². The van der Waals surface area contributed by atoms with Crippen molar-refractivity contribution in [2.24, 2.45) is 5.41 Å². The molecule has 156 valence electrons. The number of hydrogen-bond donors (Lipinski definition) is 0. The van der Waals surface area contributed by atoms with Crippen LogP contribution in [0.3, 0.4) is 0 Å². The molecule has 0 saturated heterocycles. The highest BCUT2D eigenvalue weighted by Gasteiger charge is 2.46. The number of rotatable bonds is 6. The van der Waals surface area contributed by atoms with Gasteiger partial charge in [-0.2, -0.15) is 0 Å². The molecule has 1 atom stereocenters. The predicted octanol–water partition coefficient (Wildman–Crippen LogP) is 4.74. The van der Waals surface area contributed by atoms with Gasteiger partial charge in [0.05, 0.1) is 0 Å². The van der Waals surface area contributed by atoms with Gasteiger partial charge in [-0.05, 0) is 51.8 Å². The molecular formula is C22H23F3O4. The van der Waals surface area contributed by atoms with Gasteiger partial charge in [0.2, 0.25) is 0 Å². The van der Waals surface area contributed by atoms with E-state index in [1.807, 2.05) is 0 Å². The van der Waals surface area contributed by atoms with Crippen molar-refractivity contribution in [2.45, 2.75) is 46.3 Å². The third-order valence-corrected chi connectivity index (χ3v) is 4.17. The molecule has 2 rings (SSSR count). The molecule has 0 fully saturated rings. The summed E-state index contributed by atoms with van der Waals surface area (Å²) in [6.45, 7) is 5.70. The van der Waals surface area contributed by atoms with E-state index in [2.05, 4.69) is 0 Å². The number of esters is 2. The zero-order valence-electron chi connectivity index (χ0n) is 16.7. The standard InChI is InChI=1S/C22H23F3O4/c1-21(2,3)29-20(27)22(4,12-14-8-6-5-7-9-14)19(26)28-13-15-10-11-16(23)18(25)17(15)24/h5-11H,12-13H2,1-4H3/t22-/m0/s1. The van der Waals surface area contributed by atoms with E-state index in [4.69, 9.17) is 9.47 Å². The van der Waals surface area contributed by atoms with E-state index in [1.54, 1.807) is 51.1 Å². The molecular weight excluding hydrogens is 385 g/mol. The fraction of sp³-hybridized carbons (Fsp3) is 0.364. The SMILES string of the molecule is CC(C)(C)OC(=O)[C@@](C)(Cc1ccccc1)C(=O)OCc1ccc(F)c(F)c1F. The highest BCUT2D eigenvalue weighted by atomic mass is 19.2. The highest BCUT2D eigenvalue weighted by molar-refractivity contribution is 6.00. The zero-order chi connectivity index (χ0) is 21.8. The van der Waals surface area contributed by atoms with E-state index in [1.165, 1.54) is 6.92 Å². The number of halogens is 3. The van der Waals surface area contributed by atoms with Crippen molar-refractivity contribution < 1.29 is 32.2 Å². The van der Waals surface area contributed by atoms with Crippen molar-refractivity contribution in [3.63, 3.8) is 0 Å². The second kappa shape index (κ2) is 8.68. The molecule has 0 aliphatic heterocycles. The molecule has 0 saturated carbocycles. The molecule has 2 aromatic rings. The lowest BCUT2D eigenvalue weighted by Gasteiger charge is -2.30. The molecule has 0 N–H and O–H groups in total. The Morgan fingerprint density at radius 3 is 2.07 bits per heavy atom. The Morgan fingerprint density at radius 2 is 1.48 bits per heavy atom. The summed E-state index contributed by atoms with van der Waals surface area (Å²) in [6, 6.07) is 10.5. The topological polar surface area (TPSA) is 52.6 Å². The minimum absolute atomic E-state index is 0.0121. The molecule has 0 spiro atoms. The highest BCUT2D eigenvalue weighted by Crippen LogP contribution is 2.29. The van der Waals surface area contributed by atoms with E-state index in [0.29, 0.717) is 5.56 Å². The molecule has 0 amide bonds. The van der Waals surface area contributed by atoms with Gasteiger partial charge in [-0.15, -0.1) is 0 Å². The molecule has 0 aliphatic carbocycles. The fourth-order valence-corrected chi connectivity index (χ4v) is 2.60. The second-order valence-corrected chi connectivity index (χ2v) is 7.91. The number of hydrogen-bond acceptors (Lipinski definition) is 4. The Kier molecular flexibility index (Phi) is 6.72. The summed E-state index contributed by atoms with van der Waals surface area (Å²) in [5, 5.41) is 0. The number of ether oxygens (including phenoxy) is 2. The van der Waals surface area contributed by atoms with Crippen LogP contribution in [0, 0.1) is 22.9 Å². The molecule has 0 aliphatic rings. The van der Waals surface area contributed by atoms with E-state index in [0.717, 1.165) is 12.1 Å². The van der Waals surface area contributed by atoms with Gasteiger partial charge in [0.15, 0.2) is 22.9 Å². The number of carbonyl (C=O) groups is 2. The molecule has 4 nitrogen and oxygen atoms in total. The van der Waals surface area contributed by atoms with Gasteiger partial charge in [0, 0.05) is 5.56 Å². The van der Waals surface area contributed by atoms with Gasteiger partial charge in [-0.3, -0.25) is 9.59 Å². The summed E-state index contributed by atoms with van der Waals surface area (Å²) >= 11 is 0. The van der Waals surface area contributed by atoms with Gasteiger partial charge in [-0.1, -0.05) is 30.3 Å². The summed E-state index contributed by atoms with van der Waals surface area (Å²) < 4.78 is 50.8. The predicted molar refractivity (Wildman–Crippen MR) is 100 cm³/mol. The summed E-state index contributed by atoms with van der Waals surface area (Å²) in [5.41, 5.74) is -2.22. The smallest absolute Gasteiger partial charge is 0.324 e. The molecule has 0 unspecified atom stereocenters. The van der Waals surface area contributed by atoms with E-state index < -0.39 is 47.0 Å². The maximum Gasteiger partial charge on any atom is 0.324 e. The van der Waals surface area contributed by atoms with E-state index >= 15 is 0 Å². The van der Waals surface area contributed by atoms with Crippen molar-refractivity contribution in [3.8, 4) is 0 Å². The van der Waals surface area contributed by atoms with Gasteiger partial charge < -0.3 is 9.47 Å². The van der Waals surface area contributed by atoms with Crippen LogP contribution in [0.2, 0.25) is 0 Å². The largest absolute Gasteiger partial charge is 0.460 e. The molecule has 0 aromatic heterocycles. The Hall–Kier alpha value is -2.83. The molecule has 0 radical (unpaired) electrons. The van der Waals surface area contributed by atoms with Crippen LogP contribution in [0.25, 0.3) is 0 Å². The van der Waals surface area contributed by atoms with Gasteiger partial charge >= 0.3 is 11.9 Å². The second-order valence-electron chi connectivity index (χ2n) is 7.91. The normalized spacial score (nSPS) is 13.5. The maximum atomic E-state index is 13.8. The Morgan fingerprint density at radius 1 is 0.862 bits per heavy atom. The first-order valence-corrected chi connectivity index (χ1v) is 9.01. The minimum atomic E-state index is -1.72. The molecule has 0 heterocycles. The lowest BCUT2D eigenvalue weighted by Crippen LogP contribution is -2.44. The van der Waals surface area contributed by atoms with Crippen LogP contribution in [0.4, 0.5) is 13.2 Å². The minimum Gasteiger partial charge on any atom is -0.460 e. The van der Waals surface area contributed by atoms with Crippen molar-refractivity contribution in [1.29, 1.82) is 0 Å². The van der Waals surface area contributed by atoms with Crippen LogP contribution >= 0.6 is 0 Å². The third kappa shape index (κ3) is 5.59. The van der Waals surface area contributed by atoms with Crippen molar-refractivity contribution >= 4 is 11.9 Å². The fourth-order valence-electron chi connectivity index (χ4n) is 2.60.